The Bertz CT molecular complexity index is 680. The lowest BCUT2D eigenvalue weighted by Crippen LogP contribution is -2.50. The Morgan fingerprint density at radius 2 is 1.46 bits per heavy atom. The molecule has 0 bridgehead atoms. The second-order valence-corrected chi connectivity index (χ2v) is 5.80. The lowest BCUT2D eigenvalue weighted by Gasteiger charge is -2.20. The van der Waals surface area contributed by atoms with Crippen LogP contribution in [0.1, 0.15) is 18.1 Å². The van der Waals surface area contributed by atoms with E-state index < -0.39 is 18.1 Å². The highest BCUT2D eigenvalue weighted by Gasteiger charge is 2.25. The molecule has 1 amide bonds. The molecular formula is C20H25ClN2O3. The predicted molar refractivity (Wildman–Crippen MR) is 104 cm³/mol. The monoisotopic (exact) mass is 376 g/mol. The molecule has 2 rings (SSSR count). The zero-order valence-corrected chi connectivity index (χ0v) is 15.6. The highest BCUT2D eigenvalue weighted by Crippen LogP contribution is 2.07. The van der Waals surface area contributed by atoms with Crippen molar-refractivity contribution >= 4 is 24.3 Å². The summed E-state index contributed by atoms with van der Waals surface area (Å²) in [6.45, 7) is 2.00. The third kappa shape index (κ3) is 6.86. The first-order valence-electron chi connectivity index (χ1n) is 8.40. The normalized spacial score (nSPS) is 12.4. The second kappa shape index (κ2) is 11.3. The van der Waals surface area contributed by atoms with Gasteiger partial charge < -0.3 is 15.8 Å². The van der Waals surface area contributed by atoms with Gasteiger partial charge in [-0.2, -0.15) is 0 Å². The molecule has 3 N–H and O–H groups in total. The number of halogens is 1. The standard InChI is InChI=1S/C20H24N2O3.ClH/c1-2-25-20(24)18(14-16-11-7-4-8-12-16)22-19(23)17(21)13-15-9-5-3-6-10-15;/h3-12,17-18H,2,13-14,21H2,1H3,(H,22,23);1H/t17-,18+;/m1./s1. The van der Waals surface area contributed by atoms with Crippen LogP contribution in [0.4, 0.5) is 0 Å². The molecule has 0 aliphatic rings. The molecule has 2 atom stereocenters. The molecule has 0 saturated carbocycles. The fourth-order valence-electron chi connectivity index (χ4n) is 2.53. The summed E-state index contributed by atoms with van der Waals surface area (Å²) in [6.07, 6.45) is 0.775. The second-order valence-electron chi connectivity index (χ2n) is 5.80. The first-order chi connectivity index (χ1) is 12.1. The van der Waals surface area contributed by atoms with Gasteiger partial charge in [-0.25, -0.2) is 4.79 Å². The first kappa shape index (κ1) is 21.7. The summed E-state index contributed by atoms with van der Waals surface area (Å²) in [7, 11) is 0. The zero-order chi connectivity index (χ0) is 18.1. The quantitative estimate of drug-likeness (QED) is 0.692. The summed E-state index contributed by atoms with van der Waals surface area (Å²) < 4.78 is 5.08. The Morgan fingerprint density at radius 1 is 0.962 bits per heavy atom. The van der Waals surface area contributed by atoms with Crippen molar-refractivity contribution < 1.29 is 14.3 Å². The smallest absolute Gasteiger partial charge is 0.328 e. The van der Waals surface area contributed by atoms with E-state index >= 15 is 0 Å². The SMILES string of the molecule is CCOC(=O)[C@H](Cc1ccccc1)NC(=O)[C@H](N)Cc1ccccc1.Cl. The van der Waals surface area contributed by atoms with Gasteiger partial charge in [-0.3, -0.25) is 4.79 Å². The maximum atomic E-state index is 12.4. The number of benzene rings is 2. The number of esters is 1. The van der Waals surface area contributed by atoms with Gasteiger partial charge in [-0.1, -0.05) is 60.7 Å². The Morgan fingerprint density at radius 3 is 1.96 bits per heavy atom. The molecule has 0 unspecified atom stereocenters. The molecule has 0 aliphatic heterocycles. The molecule has 0 saturated heterocycles. The van der Waals surface area contributed by atoms with Crippen molar-refractivity contribution in [1.29, 1.82) is 0 Å². The number of hydrogen-bond acceptors (Lipinski definition) is 4. The number of carbonyl (C=O) groups excluding carboxylic acids is 2. The minimum Gasteiger partial charge on any atom is -0.464 e. The van der Waals surface area contributed by atoms with E-state index in [2.05, 4.69) is 5.32 Å². The van der Waals surface area contributed by atoms with Crippen LogP contribution in [0, 0.1) is 0 Å². The van der Waals surface area contributed by atoms with Gasteiger partial charge in [0.15, 0.2) is 0 Å². The summed E-state index contributed by atoms with van der Waals surface area (Å²) in [5.74, 6) is -0.815. The topological polar surface area (TPSA) is 81.4 Å². The van der Waals surface area contributed by atoms with Gasteiger partial charge in [0.05, 0.1) is 12.6 Å². The molecule has 26 heavy (non-hydrogen) atoms. The van der Waals surface area contributed by atoms with E-state index in [4.69, 9.17) is 10.5 Å². The molecule has 0 fully saturated rings. The fourth-order valence-corrected chi connectivity index (χ4v) is 2.53. The lowest BCUT2D eigenvalue weighted by atomic mass is 10.0. The molecule has 6 heteroatoms. The summed E-state index contributed by atoms with van der Waals surface area (Å²) in [5, 5.41) is 2.73. The van der Waals surface area contributed by atoms with E-state index in [0.29, 0.717) is 12.8 Å². The molecule has 0 aromatic heterocycles. The van der Waals surface area contributed by atoms with Crippen molar-refractivity contribution in [1.82, 2.24) is 5.32 Å². The maximum Gasteiger partial charge on any atom is 0.328 e. The summed E-state index contributed by atoms with van der Waals surface area (Å²) >= 11 is 0. The average Bonchev–Trinajstić information content (AvgIpc) is 2.63. The van der Waals surface area contributed by atoms with Gasteiger partial charge in [0.1, 0.15) is 6.04 Å². The van der Waals surface area contributed by atoms with Crippen LogP contribution >= 0.6 is 12.4 Å². The Hall–Kier alpha value is -2.37. The van der Waals surface area contributed by atoms with Crippen molar-refractivity contribution in [2.75, 3.05) is 6.61 Å². The van der Waals surface area contributed by atoms with Gasteiger partial charge in [0.25, 0.3) is 0 Å². The predicted octanol–water partition coefficient (Wildman–Crippen LogP) is 2.27. The van der Waals surface area contributed by atoms with Crippen LogP contribution in [0.2, 0.25) is 0 Å². The van der Waals surface area contributed by atoms with E-state index in [0.717, 1.165) is 11.1 Å². The van der Waals surface area contributed by atoms with Crippen molar-refractivity contribution in [3.63, 3.8) is 0 Å². The van der Waals surface area contributed by atoms with Crippen LogP contribution in [0.15, 0.2) is 60.7 Å². The van der Waals surface area contributed by atoms with E-state index in [9.17, 15) is 9.59 Å². The Labute approximate surface area is 160 Å². The molecule has 0 aliphatic carbocycles. The molecule has 140 valence electrons. The van der Waals surface area contributed by atoms with E-state index in [1.165, 1.54) is 0 Å². The van der Waals surface area contributed by atoms with E-state index in [-0.39, 0.29) is 24.9 Å². The number of hydrogen-bond donors (Lipinski definition) is 2. The number of amides is 1. The Kier molecular flexibility index (Phi) is 9.41. The summed E-state index contributed by atoms with van der Waals surface area (Å²) in [5.41, 5.74) is 7.92. The molecule has 5 nitrogen and oxygen atoms in total. The lowest BCUT2D eigenvalue weighted by molar-refractivity contribution is -0.147. The van der Waals surface area contributed by atoms with Gasteiger partial charge in [0, 0.05) is 6.42 Å². The van der Waals surface area contributed by atoms with E-state index in [1.54, 1.807) is 6.92 Å². The third-order valence-corrected chi connectivity index (χ3v) is 3.81. The number of nitrogens with two attached hydrogens (primary N) is 1. The zero-order valence-electron chi connectivity index (χ0n) is 14.8. The van der Waals surface area contributed by atoms with Crippen LogP contribution in [0.5, 0.6) is 0 Å². The van der Waals surface area contributed by atoms with Gasteiger partial charge in [-0.05, 0) is 24.5 Å². The van der Waals surface area contributed by atoms with Gasteiger partial charge >= 0.3 is 5.97 Å². The summed E-state index contributed by atoms with van der Waals surface area (Å²) in [6, 6.07) is 17.5. The van der Waals surface area contributed by atoms with E-state index in [1.807, 2.05) is 60.7 Å². The Balaban J connectivity index is 0.00000338. The van der Waals surface area contributed by atoms with Crippen LogP contribution in [0.3, 0.4) is 0 Å². The molecular weight excluding hydrogens is 352 g/mol. The van der Waals surface area contributed by atoms with Crippen LogP contribution in [-0.2, 0) is 27.2 Å². The molecule has 2 aromatic carbocycles. The molecule has 0 radical (unpaired) electrons. The highest BCUT2D eigenvalue weighted by atomic mass is 35.5. The van der Waals surface area contributed by atoms with Gasteiger partial charge in [0.2, 0.25) is 5.91 Å². The van der Waals surface area contributed by atoms with Crippen LogP contribution in [-0.4, -0.2) is 30.6 Å². The minimum absolute atomic E-state index is 0. The average molecular weight is 377 g/mol. The number of carbonyl (C=O) groups is 2. The number of rotatable bonds is 8. The molecule has 0 spiro atoms. The van der Waals surface area contributed by atoms with Crippen LogP contribution < -0.4 is 11.1 Å². The van der Waals surface area contributed by atoms with Crippen molar-refractivity contribution in [2.45, 2.75) is 31.8 Å². The van der Waals surface area contributed by atoms with Crippen molar-refractivity contribution in [3.05, 3.63) is 71.8 Å². The third-order valence-electron chi connectivity index (χ3n) is 3.81. The fraction of sp³-hybridized carbons (Fsp3) is 0.300. The maximum absolute atomic E-state index is 12.4. The highest BCUT2D eigenvalue weighted by molar-refractivity contribution is 5.87. The largest absolute Gasteiger partial charge is 0.464 e. The molecule has 2 aromatic rings. The first-order valence-corrected chi connectivity index (χ1v) is 8.40. The van der Waals surface area contributed by atoms with Crippen molar-refractivity contribution in [2.24, 2.45) is 5.73 Å². The minimum atomic E-state index is -0.753. The summed E-state index contributed by atoms with van der Waals surface area (Å²) in [4.78, 5) is 24.6. The number of ether oxygens (including phenoxy) is 1. The van der Waals surface area contributed by atoms with Crippen molar-refractivity contribution in [3.8, 4) is 0 Å². The van der Waals surface area contributed by atoms with Gasteiger partial charge in [-0.15, -0.1) is 12.4 Å². The molecule has 0 heterocycles. The van der Waals surface area contributed by atoms with Crippen LogP contribution in [0.25, 0.3) is 0 Å². The number of nitrogens with one attached hydrogen (secondary N) is 1.